The highest BCUT2D eigenvalue weighted by atomic mass is 16.2. The zero-order valence-electron chi connectivity index (χ0n) is 15.6. The van der Waals surface area contributed by atoms with Crippen LogP contribution in [0.4, 0.5) is 0 Å². The summed E-state index contributed by atoms with van der Waals surface area (Å²) in [6, 6.07) is 12.7. The Kier molecular flexibility index (Phi) is 4.53. The number of nitrogens with one attached hydrogen (secondary N) is 1. The Morgan fingerprint density at radius 2 is 2.04 bits per heavy atom. The third kappa shape index (κ3) is 3.51. The molecule has 0 spiro atoms. The molecule has 2 atom stereocenters. The summed E-state index contributed by atoms with van der Waals surface area (Å²) in [4.78, 5) is 19.2. The zero-order chi connectivity index (χ0) is 18.1. The van der Waals surface area contributed by atoms with Gasteiger partial charge in [-0.05, 0) is 55.4 Å². The SMILES string of the molecule is CC(C)(CNC(=O)[C@H]1C[C@H]1c1cccnc1)N1CCc2ccccc2C1. The van der Waals surface area contributed by atoms with Crippen molar-refractivity contribution in [1.29, 1.82) is 0 Å². The molecule has 0 unspecified atom stereocenters. The first-order valence-electron chi connectivity index (χ1n) is 9.54. The highest BCUT2D eigenvalue weighted by molar-refractivity contribution is 5.82. The van der Waals surface area contributed by atoms with Crippen molar-refractivity contribution >= 4 is 5.91 Å². The normalized spacial score (nSPS) is 22.5. The highest BCUT2D eigenvalue weighted by Gasteiger charge is 2.44. The molecular formula is C22H27N3O. The molecule has 1 amide bonds. The second-order valence-electron chi connectivity index (χ2n) is 8.21. The van der Waals surface area contributed by atoms with E-state index in [9.17, 15) is 4.79 Å². The first-order valence-corrected chi connectivity index (χ1v) is 9.54. The molecule has 1 aliphatic heterocycles. The molecule has 2 aromatic rings. The minimum absolute atomic E-state index is 0.0537. The van der Waals surface area contributed by atoms with Gasteiger partial charge in [0.15, 0.2) is 0 Å². The van der Waals surface area contributed by atoms with Gasteiger partial charge >= 0.3 is 0 Å². The van der Waals surface area contributed by atoms with Gasteiger partial charge in [0.1, 0.15) is 0 Å². The standard InChI is InChI=1S/C22H27N3O/c1-22(2,25-11-9-16-6-3-4-7-18(16)14-25)15-24-21(26)20-12-19(20)17-8-5-10-23-13-17/h3-8,10,13,19-20H,9,11-12,14-15H2,1-2H3,(H,24,26)/t19-,20-/m0/s1. The number of nitrogens with zero attached hydrogens (tertiary/aromatic N) is 2. The predicted molar refractivity (Wildman–Crippen MR) is 103 cm³/mol. The Morgan fingerprint density at radius 3 is 2.81 bits per heavy atom. The quantitative estimate of drug-likeness (QED) is 0.902. The molecule has 1 aromatic carbocycles. The van der Waals surface area contributed by atoms with E-state index in [0.717, 1.165) is 25.9 Å². The summed E-state index contributed by atoms with van der Waals surface area (Å²) in [6.07, 6.45) is 5.68. The Balaban J connectivity index is 1.32. The van der Waals surface area contributed by atoms with Crippen molar-refractivity contribution in [2.45, 2.75) is 44.7 Å². The van der Waals surface area contributed by atoms with Gasteiger partial charge in [0.2, 0.25) is 5.91 Å². The van der Waals surface area contributed by atoms with Gasteiger partial charge in [0.25, 0.3) is 0 Å². The first kappa shape index (κ1) is 17.2. The number of hydrogen-bond donors (Lipinski definition) is 1. The zero-order valence-corrected chi connectivity index (χ0v) is 15.6. The maximum absolute atomic E-state index is 12.6. The average Bonchev–Trinajstić information content (AvgIpc) is 3.47. The summed E-state index contributed by atoms with van der Waals surface area (Å²) < 4.78 is 0. The molecule has 4 heteroatoms. The van der Waals surface area contributed by atoms with Crippen molar-refractivity contribution < 1.29 is 4.79 Å². The Bertz CT molecular complexity index is 787. The first-order chi connectivity index (χ1) is 12.5. The van der Waals surface area contributed by atoms with E-state index in [4.69, 9.17) is 0 Å². The van der Waals surface area contributed by atoms with Crippen molar-refractivity contribution in [2.75, 3.05) is 13.1 Å². The fraction of sp³-hybridized carbons (Fsp3) is 0.455. The Morgan fingerprint density at radius 1 is 1.23 bits per heavy atom. The number of benzene rings is 1. The topological polar surface area (TPSA) is 45.2 Å². The lowest BCUT2D eigenvalue weighted by atomic mass is 9.94. The minimum Gasteiger partial charge on any atom is -0.354 e. The second-order valence-corrected chi connectivity index (χ2v) is 8.21. The Labute approximate surface area is 155 Å². The van der Waals surface area contributed by atoms with Crippen LogP contribution in [-0.2, 0) is 17.8 Å². The Hall–Kier alpha value is -2.20. The van der Waals surface area contributed by atoms with Gasteiger partial charge in [-0.3, -0.25) is 14.7 Å². The molecule has 136 valence electrons. The number of carbonyl (C=O) groups is 1. The lowest BCUT2D eigenvalue weighted by molar-refractivity contribution is -0.123. The summed E-state index contributed by atoms with van der Waals surface area (Å²) >= 11 is 0. The van der Waals surface area contributed by atoms with Crippen molar-refractivity contribution in [1.82, 2.24) is 15.2 Å². The number of aromatic nitrogens is 1. The summed E-state index contributed by atoms with van der Waals surface area (Å²) in [5.74, 6) is 0.634. The van der Waals surface area contributed by atoms with E-state index in [1.807, 2.05) is 12.3 Å². The third-order valence-electron chi connectivity index (χ3n) is 5.92. The smallest absolute Gasteiger partial charge is 0.223 e. The molecule has 4 nitrogen and oxygen atoms in total. The van der Waals surface area contributed by atoms with Gasteiger partial charge in [-0.15, -0.1) is 0 Å². The molecule has 4 rings (SSSR count). The highest BCUT2D eigenvalue weighted by Crippen LogP contribution is 2.47. The minimum atomic E-state index is -0.0537. The molecule has 2 heterocycles. The van der Waals surface area contributed by atoms with E-state index in [1.165, 1.54) is 16.7 Å². The lowest BCUT2D eigenvalue weighted by Gasteiger charge is -2.41. The predicted octanol–water partition coefficient (Wildman–Crippen LogP) is 3.14. The average molecular weight is 349 g/mol. The van der Waals surface area contributed by atoms with E-state index in [2.05, 4.69) is 59.4 Å². The van der Waals surface area contributed by atoms with Crippen LogP contribution in [0.3, 0.4) is 0 Å². The summed E-state index contributed by atoms with van der Waals surface area (Å²) in [5, 5.41) is 3.20. The fourth-order valence-electron chi connectivity index (χ4n) is 4.01. The molecule has 0 radical (unpaired) electrons. The van der Waals surface area contributed by atoms with Gasteiger partial charge in [0, 0.05) is 43.5 Å². The number of pyridine rings is 1. The molecule has 2 aliphatic rings. The fourth-order valence-corrected chi connectivity index (χ4v) is 4.01. The summed E-state index contributed by atoms with van der Waals surface area (Å²) in [5.41, 5.74) is 4.00. The number of rotatable bonds is 5. The monoisotopic (exact) mass is 349 g/mol. The van der Waals surface area contributed by atoms with Crippen LogP contribution in [0.5, 0.6) is 0 Å². The molecule has 1 aromatic heterocycles. The van der Waals surface area contributed by atoms with Crippen LogP contribution >= 0.6 is 0 Å². The van der Waals surface area contributed by atoms with E-state index in [0.29, 0.717) is 12.5 Å². The van der Waals surface area contributed by atoms with Crippen LogP contribution in [-0.4, -0.2) is 34.4 Å². The van der Waals surface area contributed by atoms with Crippen molar-refractivity contribution in [3.63, 3.8) is 0 Å². The molecule has 1 fully saturated rings. The molecule has 0 saturated heterocycles. The summed E-state index contributed by atoms with van der Waals surface area (Å²) in [7, 11) is 0. The lowest BCUT2D eigenvalue weighted by Crippen LogP contribution is -2.53. The molecule has 1 saturated carbocycles. The van der Waals surface area contributed by atoms with Gasteiger partial charge in [0.05, 0.1) is 0 Å². The number of fused-ring (bicyclic) bond motifs is 1. The van der Waals surface area contributed by atoms with E-state index in [1.54, 1.807) is 6.20 Å². The van der Waals surface area contributed by atoms with Crippen LogP contribution in [0.15, 0.2) is 48.8 Å². The van der Waals surface area contributed by atoms with E-state index >= 15 is 0 Å². The van der Waals surface area contributed by atoms with E-state index in [-0.39, 0.29) is 17.4 Å². The molecule has 1 N–H and O–H groups in total. The van der Waals surface area contributed by atoms with Crippen LogP contribution in [0.1, 0.15) is 42.9 Å². The van der Waals surface area contributed by atoms with Crippen LogP contribution < -0.4 is 5.32 Å². The van der Waals surface area contributed by atoms with Crippen molar-refractivity contribution in [3.05, 3.63) is 65.5 Å². The largest absolute Gasteiger partial charge is 0.354 e. The molecule has 26 heavy (non-hydrogen) atoms. The number of carbonyl (C=O) groups excluding carboxylic acids is 1. The van der Waals surface area contributed by atoms with Gasteiger partial charge in [-0.1, -0.05) is 30.3 Å². The van der Waals surface area contributed by atoms with Crippen LogP contribution in [0, 0.1) is 5.92 Å². The number of hydrogen-bond acceptors (Lipinski definition) is 3. The molecule has 0 bridgehead atoms. The summed E-state index contributed by atoms with van der Waals surface area (Å²) in [6.45, 7) is 7.14. The second kappa shape index (κ2) is 6.84. The van der Waals surface area contributed by atoms with E-state index < -0.39 is 0 Å². The molecular weight excluding hydrogens is 322 g/mol. The van der Waals surface area contributed by atoms with Gasteiger partial charge in [-0.25, -0.2) is 0 Å². The van der Waals surface area contributed by atoms with Crippen LogP contribution in [0.2, 0.25) is 0 Å². The third-order valence-corrected chi connectivity index (χ3v) is 5.92. The van der Waals surface area contributed by atoms with Crippen molar-refractivity contribution in [3.8, 4) is 0 Å². The maximum atomic E-state index is 12.6. The van der Waals surface area contributed by atoms with Gasteiger partial charge in [-0.2, -0.15) is 0 Å². The maximum Gasteiger partial charge on any atom is 0.223 e. The number of amides is 1. The van der Waals surface area contributed by atoms with Gasteiger partial charge < -0.3 is 5.32 Å². The van der Waals surface area contributed by atoms with Crippen molar-refractivity contribution in [2.24, 2.45) is 5.92 Å². The van der Waals surface area contributed by atoms with Crippen LogP contribution in [0.25, 0.3) is 0 Å². The molecule has 1 aliphatic carbocycles.